The Bertz CT molecular complexity index is 805. The molecule has 0 radical (unpaired) electrons. The summed E-state index contributed by atoms with van der Waals surface area (Å²) in [5.41, 5.74) is 1.47. The van der Waals surface area contributed by atoms with Crippen LogP contribution in [-0.2, 0) is 20.9 Å². The number of hydrogen-bond donors (Lipinski definition) is 0. The minimum Gasteiger partial charge on any atom is -0.497 e. The molecule has 0 N–H and O–H groups in total. The fourth-order valence-electron chi connectivity index (χ4n) is 2.60. The molecular formula is C23H27NO4. The van der Waals surface area contributed by atoms with E-state index in [9.17, 15) is 9.59 Å². The molecule has 1 amide bonds. The van der Waals surface area contributed by atoms with Gasteiger partial charge in [0.25, 0.3) is 5.91 Å². The zero-order valence-corrected chi connectivity index (χ0v) is 16.8. The molecule has 5 heteroatoms. The van der Waals surface area contributed by atoms with E-state index in [1.165, 1.54) is 6.08 Å². The number of carbonyl (C=O) groups is 2. The van der Waals surface area contributed by atoms with Gasteiger partial charge in [0.2, 0.25) is 0 Å². The van der Waals surface area contributed by atoms with Crippen LogP contribution >= 0.6 is 0 Å². The number of nitrogens with zero attached hydrogens (tertiary/aromatic N) is 1. The quantitative estimate of drug-likeness (QED) is 0.536. The Labute approximate surface area is 166 Å². The van der Waals surface area contributed by atoms with Crippen LogP contribution in [0.25, 0.3) is 6.08 Å². The van der Waals surface area contributed by atoms with Crippen molar-refractivity contribution >= 4 is 18.0 Å². The number of esters is 1. The summed E-state index contributed by atoms with van der Waals surface area (Å²) < 4.78 is 10.2. The lowest BCUT2D eigenvalue weighted by Crippen LogP contribution is -2.46. The van der Waals surface area contributed by atoms with Crippen LogP contribution in [0.15, 0.2) is 60.7 Å². The van der Waals surface area contributed by atoms with Crippen molar-refractivity contribution in [1.82, 2.24) is 4.90 Å². The summed E-state index contributed by atoms with van der Waals surface area (Å²) in [6, 6.07) is 17.0. The summed E-state index contributed by atoms with van der Waals surface area (Å²) >= 11 is 0. The third-order valence-corrected chi connectivity index (χ3v) is 4.16. The molecule has 0 aromatic heterocycles. The van der Waals surface area contributed by atoms with Crippen LogP contribution in [0.5, 0.6) is 5.75 Å². The first kappa shape index (κ1) is 21.2. The van der Waals surface area contributed by atoms with Gasteiger partial charge in [-0.25, -0.2) is 4.79 Å². The molecular weight excluding hydrogens is 354 g/mol. The monoisotopic (exact) mass is 381 g/mol. The fraction of sp³-hybridized carbons (Fsp3) is 0.304. The van der Waals surface area contributed by atoms with Gasteiger partial charge in [0.05, 0.1) is 7.11 Å². The van der Waals surface area contributed by atoms with Crippen molar-refractivity contribution in [3.05, 3.63) is 71.8 Å². The zero-order chi connectivity index (χ0) is 20.6. The van der Waals surface area contributed by atoms with Gasteiger partial charge in [-0.05, 0) is 50.1 Å². The van der Waals surface area contributed by atoms with Crippen molar-refractivity contribution in [2.75, 3.05) is 13.7 Å². The molecule has 0 spiro atoms. The second-order valence-corrected chi connectivity index (χ2v) is 7.35. The summed E-state index contributed by atoms with van der Waals surface area (Å²) in [6.45, 7) is 6.04. The highest BCUT2D eigenvalue weighted by atomic mass is 16.5. The Hall–Kier alpha value is -3.08. The van der Waals surface area contributed by atoms with Crippen molar-refractivity contribution < 1.29 is 19.1 Å². The van der Waals surface area contributed by atoms with Crippen LogP contribution in [0.2, 0.25) is 0 Å². The van der Waals surface area contributed by atoms with Gasteiger partial charge in [0.15, 0.2) is 6.61 Å². The summed E-state index contributed by atoms with van der Waals surface area (Å²) in [7, 11) is 1.60. The molecule has 5 nitrogen and oxygen atoms in total. The second kappa shape index (κ2) is 9.74. The summed E-state index contributed by atoms with van der Waals surface area (Å²) in [6.07, 6.45) is 2.95. The highest BCUT2D eigenvalue weighted by Gasteiger charge is 2.27. The van der Waals surface area contributed by atoms with Crippen molar-refractivity contribution in [3.8, 4) is 5.75 Å². The van der Waals surface area contributed by atoms with Gasteiger partial charge >= 0.3 is 5.97 Å². The minimum atomic E-state index is -0.558. The largest absolute Gasteiger partial charge is 0.497 e. The van der Waals surface area contributed by atoms with E-state index >= 15 is 0 Å². The molecule has 0 saturated heterocycles. The second-order valence-electron chi connectivity index (χ2n) is 7.35. The Morgan fingerprint density at radius 3 is 2.21 bits per heavy atom. The van der Waals surface area contributed by atoms with Crippen LogP contribution in [0.4, 0.5) is 0 Å². The highest BCUT2D eigenvalue weighted by Crippen LogP contribution is 2.18. The van der Waals surface area contributed by atoms with Crippen LogP contribution in [0.1, 0.15) is 31.9 Å². The molecule has 2 aromatic rings. The van der Waals surface area contributed by atoms with E-state index < -0.39 is 11.5 Å². The van der Waals surface area contributed by atoms with Crippen LogP contribution in [0, 0.1) is 0 Å². The first-order valence-corrected chi connectivity index (χ1v) is 9.13. The van der Waals surface area contributed by atoms with E-state index in [2.05, 4.69) is 0 Å². The van der Waals surface area contributed by atoms with Crippen molar-refractivity contribution in [2.45, 2.75) is 32.9 Å². The fourth-order valence-corrected chi connectivity index (χ4v) is 2.60. The molecule has 0 bridgehead atoms. The molecule has 148 valence electrons. The normalized spacial score (nSPS) is 11.3. The number of methoxy groups -OCH3 is 1. The molecule has 28 heavy (non-hydrogen) atoms. The molecule has 2 aromatic carbocycles. The number of amides is 1. The van der Waals surface area contributed by atoms with E-state index in [0.29, 0.717) is 6.54 Å². The first-order chi connectivity index (χ1) is 13.3. The Morgan fingerprint density at radius 1 is 1.00 bits per heavy atom. The topological polar surface area (TPSA) is 55.8 Å². The lowest BCUT2D eigenvalue weighted by atomic mass is 10.0. The Balaban J connectivity index is 1.93. The number of carbonyl (C=O) groups excluding carboxylic acids is 2. The molecule has 0 unspecified atom stereocenters. The van der Waals surface area contributed by atoms with E-state index in [0.717, 1.165) is 16.9 Å². The zero-order valence-electron chi connectivity index (χ0n) is 16.8. The van der Waals surface area contributed by atoms with E-state index in [4.69, 9.17) is 9.47 Å². The highest BCUT2D eigenvalue weighted by molar-refractivity contribution is 5.89. The molecule has 0 fully saturated rings. The molecule has 2 rings (SSSR count). The maximum Gasteiger partial charge on any atom is 0.331 e. The smallest absolute Gasteiger partial charge is 0.331 e. The van der Waals surface area contributed by atoms with Crippen molar-refractivity contribution in [1.29, 1.82) is 0 Å². The first-order valence-electron chi connectivity index (χ1n) is 9.13. The van der Waals surface area contributed by atoms with Gasteiger partial charge in [-0.3, -0.25) is 4.79 Å². The van der Waals surface area contributed by atoms with Gasteiger partial charge in [0, 0.05) is 18.2 Å². The van der Waals surface area contributed by atoms with Crippen molar-refractivity contribution in [2.24, 2.45) is 0 Å². The lowest BCUT2D eigenvalue weighted by Gasteiger charge is -2.35. The Morgan fingerprint density at radius 2 is 1.64 bits per heavy atom. The predicted octanol–water partition coefficient (Wildman–Crippen LogP) is 4.08. The average molecular weight is 381 g/mol. The summed E-state index contributed by atoms with van der Waals surface area (Å²) in [5.74, 6) is -0.0497. The van der Waals surface area contributed by atoms with Crippen LogP contribution in [-0.4, -0.2) is 36.0 Å². The van der Waals surface area contributed by atoms with Gasteiger partial charge < -0.3 is 14.4 Å². The average Bonchev–Trinajstić information content (AvgIpc) is 2.69. The number of benzene rings is 2. The molecule has 0 aliphatic rings. The third-order valence-electron chi connectivity index (χ3n) is 4.16. The summed E-state index contributed by atoms with van der Waals surface area (Å²) in [4.78, 5) is 26.3. The van der Waals surface area contributed by atoms with Gasteiger partial charge in [-0.15, -0.1) is 0 Å². The van der Waals surface area contributed by atoms with Crippen LogP contribution in [0.3, 0.4) is 0 Å². The molecule has 0 aliphatic carbocycles. The predicted molar refractivity (Wildman–Crippen MR) is 110 cm³/mol. The van der Waals surface area contributed by atoms with Gasteiger partial charge in [-0.1, -0.05) is 42.5 Å². The third kappa shape index (κ3) is 6.58. The lowest BCUT2D eigenvalue weighted by molar-refractivity contribution is -0.151. The maximum absolute atomic E-state index is 12.7. The van der Waals surface area contributed by atoms with Crippen molar-refractivity contribution in [3.63, 3.8) is 0 Å². The SMILES string of the molecule is COc1ccc(/C=C/C(=O)OCC(=O)N(Cc2ccccc2)C(C)(C)C)cc1. The van der Waals surface area contributed by atoms with E-state index in [1.54, 1.807) is 30.2 Å². The molecule has 0 atom stereocenters. The Kier molecular flexibility index (Phi) is 7.38. The van der Waals surface area contributed by atoms with Gasteiger partial charge in [-0.2, -0.15) is 0 Å². The molecule has 0 heterocycles. The molecule has 0 aliphatic heterocycles. The number of ether oxygens (including phenoxy) is 2. The van der Waals surface area contributed by atoms with Gasteiger partial charge in [0.1, 0.15) is 5.75 Å². The van der Waals surface area contributed by atoms with E-state index in [-0.39, 0.29) is 12.5 Å². The minimum absolute atomic E-state index is 0.234. The maximum atomic E-state index is 12.7. The summed E-state index contributed by atoms with van der Waals surface area (Å²) in [5, 5.41) is 0. The standard InChI is InChI=1S/C23H27NO4/c1-23(2,3)24(16-19-8-6-5-7-9-19)21(25)17-28-22(26)15-12-18-10-13-20(27-4)14-11-18/h5-15H,16-17H2,1-4H3/b15-12+. The van der Waals surface area contributed by atoms with Crippen LogP contribution < -0.4 is 4.74 Å². The van der Waals surface area contributed by atoms with E-state index in [1.807, 2.05) is 63.2 Å². The number of rotatable bonds is 7. The number of hydrogen-bond acceptors (Lipinski definition) is 4. The molecule has 0 saturated carbocycles.